The highest BCUT2D eigenvalue weighted by atomic mass is 16.2. The zero-order valence-corrected chi connectivity index (χ0v) is 10.5. The van der Waals surface area contributed by atoms with Crippen molar-refractivity contribution >= 4 is 11.8 Å². The smallest absolute Gasteiger partial charge is 0.229 e. The molecular weight excluding hydrogens is 216 g/mol. The molecule has 2 rings (SSSR count). The van der Waals surface area contributed by atoms with Crippen LogP contribution in [0.25, 0.3) is 0 Å². The van der Waals surface area contributed by atoms with Crippen LogP contribution in [0.5, 0.6) is 0 Å². The molecule has 2 amide bonds. The zero-order valence-electron chi connectivity index (χ0n) is 10.5. The van der Waals surface area contributed by atoms with E-state index in [2.05, 4.69) is 0 Å². The molecule has 96 valence electrons. The number of carbonyl (C=O) groups excluding carboxylic acids is 2. The van der Waals surface area contributed by atoms with Crippen molar-refractivity contribution in [2.75, 3.05) is 6.54 Å². The summed E-state index contributed by atoms with van der Waals surface area (Å²) in [6, 6.07) is -0.0509. The van der Waals surface area contributed by atoms with E-state index in [1.54, 1.807) is 0 Å². The number of nitrogens with zero attached hydrogens (tertiary/aromatic N) is 1. The Kier molecular flexibility index (Phi) is 3.82. The molecule has 0 aromatic carbocycles. The van der Waals surface area contributed by atoms with Crippen molar-refractivity contribution in [1.82, 2.24) is 4.90 Å². The minimum absolute atomic E-state index is 0.0175. The van der Waals surface area contributed by atoms with Crippen LogP contribution >= 0.6 is 0 Å². The predicted octanol–water partition coefficient (Wildman–Crippen LogP) is 1.29. The maximum absolute atomic E-state index is 12.0. The number of amides is 2. The van der Waals surface area contributed by atoms with Gasteiger partial charge in [-0.05, 0) is 24.7 Å². The van der Waals surface area contributed by atoms with Gasteiger partial charge in [-0.1, -0.05) is 19.8 Å². The van der Waals surface area contributed by atoms with Crippen LogP contribution in [0, 0.1) is 11.8 Å². The molecule has 4 heteroatoms. The summed E-state index contributed by atoms with van der Waals surface area (Å²) in [5.74, 6) is 0.585. The van der Waals surface area contributed by atoms with Gasteiger partial charge in [0.2, 0.25) is 11.8 Å². The van der Waals surface area contributed by atoms with Crippen LogP contribution in [0.1, 0.15) is 45.4 Å². The van der Waals surface area contributed by atoms with Crippen molar-refractivity contribution in [3.05, 3.63) is 0 Å². The van der Waals surface area contributed by atoms with Crippen LogP contribution in [0.2, 0.25) is 0 Å². The molecule has 0 radical (unpaired) electrons. The Bertz CT molecular complexity index is 293. The minimum atomic E-state index is -0.0509. The molecule has 1 atom stereocenters. The van der Waals surface area contributed by atoms with Gasteiger partial charge in [0, 0.05) is 19.4 Å². The van der Waals surface area contributed by atoms with Crippen LogP contribution in [0.4, 0.5) is 0 Å². The lowest BCUT2D eigenvalue weighted by atomic mass is 9.91. The Labute approximate surface area is 103 Å². The molecule has 0 bridgehead atoms. The number of imide groups is 1. The van der Waals surface area contributed by atoms with Gasteiger partial charge in [0.1, 0.15) is 0 Å². The SMILES string of the molecule is CC1CC(=O)N(C(CN)C2CCCC2)C(=O)C1. The molecule has 1 saturated heterocycles. The normalized spacial score (nSPS) is 25.6. The van der Waals surface area contributed by atoms with Gasteiger partial charge in [-0.2, -0.15) is 0 Å². The molecule has 1 heterocycles. The molecule has 0 aromatic heterocycles. The molecule has 1 aliphatic carbocycles. The third-order valence-electron chi connectivity index (χ3n) is 4.10. The number of hydrogen-bond donors (Lipinski definition) is 1. The van der Waals surface area contributed by atoms with Gasteiger partial charge < -0.3 is 5.73 Å². The van der Waals surface area contributed by atoms with Gasteiger partial charge in [-0.25, -0.2) is 0 Å². The third kappa shape index (κ3) is 2.51. The van der Waals surface area contributed by atoms with E-state index in [1.165, 1.54) is 17.7 Å². The first-order chi connectivity index (χ1) is 8.13. The highest BCUT2D eigenvalue weighted by molar-refractivity contribution is 5.98. The molecule has 0 spiro atoms. The lowest BCUT2D eigenvalue weighted by Gasteiger charge is -2.37. The minimum Gasteiger partial charge on any atom is -0.328 e. The van der Waals surface area contributed by atoms with E-state index in [1.807, 2.05) is 6.92 Å². The highest BCUT2D eigenvalue weighted by Gasteiger charge is 2.38. The summed E-state index contributed by atoms with van der Waals surface area (Å²) >= 11 is 0. The number of rotatable bonds is 3. The molecule has 1 unspecified atom stereocenters. The molecule has 2 fully saturated rings. The Morgan fingerprint density at radius 3 is 2.24 bits per heavy atom. The summed E-state index contributed by atoms with van der Waals surface area (Å²) in [5.41, 5.74) is 5.80. The first-order valence-corrected chi connectivity index (χ1v) is 6.68. The topological polar surface area (TPSA) is 63.4 Å². The molecule has 1 aliphatic heterocycles. The molecular formula is C13H22N2O2. The first kappa shape index (κ1) is 12.6. The molecule has 0 aromatic rings. The predicted molar refractivity (Wildman–Crippen MR) is 65.1 cm³/mol. The van der Waals surface area contributed by atoms with Gasteiger partial charge in [0.25, 0.3) is 0 Å². The van der Waals surface area contributed by atoms with Crippen LogP contribution in [0.3, 0.4) is 0 Å². The van der Waals surface area contributed by atoms with Gasteiger partial charge in [0.15, 0.2) is 0 Å². The zero-order chi connectivity index (χ0) is 12.4. The van der Waals surface area contributed by atoms with Gasteiger partial charge in [-0.15, -0.1) is 0 Å². The average molecular weight is 238 g/mol. The summed E-state index contributed by atoms with van der Waals surface area (Å²) < 4.78 is 0. The van der Waals surface area contributed by atoms with Crippen molar-refractivity contribution in [3.8, 4) is 0 Å². The van der Waals surface area contributed by atoms with Crippen LogP contribution < -0.4 is 5.73 Å². The molecule has 4 nitrogen and oxygen atoms in total. The maximum Gasteiger partial charge on any atom is 0.229 e. The Balaban J connectivity index is 2.12. The average Bonchev–Trinajstić information content (AvgIpc) is 2.76. The molecule has 2 N–H and O–H groups in total. The second kappa shape index (κ2) is 5.17. The van der Waals surface area contributed by atoms with Crippen molar-refractivity contribution in [2.45, 2.75) is 51.5 Å². The van der Waals surface area contributed by atoms with Crippen molar-refractivity contribution in [1.29, 1.82) is 0 Å². The first-order valence-electron chi connectivity index (χ1n) is 6.68. The largest absolute Gasteiger partial charge is 0.328 e. The summed E-state index contributed by atoms with van der Waals surface area (Å²) in [5, 5.41) is 0. The number of carbonyl (C=O) groups is 2. The Hall–Kier alpha value is -0.900. The summed E-state index contributed by atoms with van der Waals surface area (Å²) in [7, 11) is 0. The fourth-order valence-corrected chi connectivity index (χ4v) is 3.22. The number of piperidine rings is 1. The van der Waals surface area contributed by atoms with Crippen molar-refractivity contribution < 1.29 is 9.59 Å². The van der Waals surface area contributed by atoms with E-state index in [4.69, 9.17) is 5.73 Å². The Morgan fingerprint density at radius 1 is 1.24 bits per heavy atom. The number of nitrogens with two attached hydrogens (primary N) is 1. The summed E-state index contributed by atoms with van der Waals surface area (Å²) in [4.78, 5) is 25.5. The fourth-order valence-electron chi connectivity index (χ4n) is 3.22. The maximum atomic E-state index is 12.0. The second-order valence-corrected chi connectivity index (χ2v) is 5.52. The van der Waals surface area contributed by atoms with Crippen molar-refractivity contribution in [2.24, 2.45) is 17.6 Å². The number of hydrogen-bond acceptors (Lipinski definition) is 3. The van der Waals surface area contributed by atoms with E-state index in [0.717, 1.165) is 12.8 Å². The van der Waals surface area contributed by atoms with Crippen LogP contribution in [-0.2, 0) is 9.59 Å². The van der Waals surface area contributed by atoms with E-state index < -0.39 is 0 Å². The van der Waals surface area contributed by atoms with Crippen LogP contribution in [-0.4, -0.2) is 29.3 Å². The van der Waals surface area contributed by atoms with Crippen molar-refractivity contribution in [3.63, 3.8) is 0 Å². The monoisotopic (exact) mass is 238 g/mol. The van der Waals surface area contributed by atoms with E-state index >= 15 is 0 Å². The molecule has 1 saturated carbocycles. The third-order valence-corrected chi connectivity index (χ3v) is 4.10. The van der Waals surface area contributed by atoms with Crippen LogP contribution in [0.15, 0.2) is 0 Å². The number of likely N-dealkylation sites (tertiary alicyclic amines) is 1. The lowest BCUT2D eigenvalue weighted by Crippen LogP contribution is -2.54. The lowest BCUT2D eigenvalue weighted by molar-refractivity contribution is -0.153. The highest BCUT2D eigenvalue weighted by Crippen LogP contribution is 2.32. The summed E-state index contributed by atoms with van der Waals surface area (Å²) in [6.07, 6.45) is 5.61. The van der Waals surface area contributed by atoms with Gasteiger partial charge in [0.05, 0.1) is 6.04 Å². The molecule has 2 aliphatic rings. The van der Waals surface area contributed by atoms with Gasteiger partial charge >= 0.3 is 0 Å². The standard InChI is InChI=1S/C13H22N2O2/c1-9-6-12(16)15(13(17)7-9)11(8-14)10-4-2-3-5-10/h9-11H,2-8,14H2,1H3. The Morgan fingerprint density at radius 2 is 1.76 bits per heavy atom. The summed E-state index contributed by atoms with van der Waals surface area (Å²) in [6.45, 7) is 2.37. The quantitative estimate of drug-likeness (QED) is 0.753. The second-order valence-electron chi connectivity index (χ2n) is 5.52. The fraction of sp³-hybridized carbons (Fsp3) is 0.846. The van der Waals surface area contributed by atoms with E-state index in [9.17, 15) is 9.59 Å². The molecule has 17 heavy (non-hydrogen) atoms. The van der Waals surface area contributed by atoms with E-state index in [-0.39, 0.29) is 23.8 Å². The van der Waals surface area contributed by atoms with E-state index in [0.29, 0.717) is 25.3 Å². The van der Waals surface area contributed by atoms with Gasteiger partial charge in [-0.3, -0.25) is 14.5 Å².